The highest BCUT2D eigenvalue weighted by molar-refractivity contribution is 9.10. The number of benzene rings is 1. The summed E-state index contributed by atoms with van der Waals surface area (Å²) in [4.78, 5) is 16.3. The Hall–Kier alpha value is -1.31. The van der Waals surface area contributed by atoms with Gasteiger partial charge < -0.3 is 14.5 Å². The maximum Gasteiger partial charge on any atom is 0.375 e. The Morgan fingerprint density at radius 3 is 2.43 bits per heavy atom. The molecule has 1 saturated heterocycles. The Bertz CT molecular complexity index is 531. The fourth-order valence-electron chi connectivity index (χ4n) is 2.10. The van der Waals surface area contributed by atoms with Crippen LogP contribution < -0.4 is 5.43 Å². The van der Waals surface area contributed by atoms with E-state index in [1.54, 1.807) is 6.92 Å². The van der Waals surface area contributed by atoms with Gasteiger partial charge in [0.25, 0.3) is 0 Å². The minimum Gasteiger partial charge on any atom is -0.460 e. The number of esters is 1. The number of likely N-dealkylation sites (N-methyl/N-ethyl adjacent to an activating group) is 1. The molecule has 1 aliphatic rings. The third kappa shape index (κ3) is 6.01. The van der Waals surface area contributed by atoms with E-state index in [4.69, 9.17) is 4.74 Å². The first-order valence-corrected chi connectivity index (χ1v) is 8.09. The molecule has 1 aliphatic heterocycles. The number of amidine groups is 1. The van der Waals surface area contributed by atoms with Crippen LogP contribution in [0.2, 0.25) is 0 Å². The van der Waals surface area contributed by atoms with E-state index in [0.29, 0.717) is 12.4 Å². The second-order valence-corrected chi connectivity index (χ2v) is 5.98. The van der Waals surface area contributed by atoms with Crippen molar-refractivity contribution in [2.24, 2.45) is 5.10 Å². The number of ether oxygens (including phenoxy) is 1. The molecule has 1 heterocycles. The summed E-state index contributed by atoms with van der Waals surface area (Å²) >= 11 is 3.39. The minimum absolute atomic E-state index is 0. The smallest absolute Gasteiger partial charge is 0.375 e. The number of halogens is 2. The molecule has 0 saturated carbocycles. The number of carbonyl (C=O) groups is 1. The Labute approximate surface area is 151 Å². The van der Waals surface area contributed by atoms with Crippen LogP contribution in [0.4, 0.5) is 5.69 Å². The van der Waals surface area contributed by atoms with Crippen molar-refractivity contribution < 1.29 is 9.53 Å². The molecule has 0 aliphatic carbocycles. The molecule has 0 spiro atoms. The first kappa shape index (κ1) is 19.7. The van der Waals surface area contributed by atoms with Gasteiger partial charge in [-0.25, -0.2) is 4.79 Å². The van der Waals surface area contributed by atoms with Crippen LogP contribution in [0.1, 0.15) is 6.92 Å². The van der Waals surface area contributed by atoms with Crippen molar-refractivity contribution in [2.45, 2.75) is 6.92 Å². The van der Waals surface area contributed by atoms with Gasteiger partial charge in [-0.3, -0.25) is 5.43 Å². The second-order valence-electron chi connectivity index (χ2n) is 5.06. The fraction of sp³-hybridized carbons (Fsp3) is 0.467. The van der Waals surface area contributed by atoms with Crippen molar-refractivity contribution in [1.29, 1.82) is 0 Å². The summed E-state index contributed by atoms with van der Waals surface area (Å²) in [6.07, 6.45) is 0. The lowest BCUT2D eigenvalue weighted by Crippen LogP contribution is -2.50. The van der Waals surface area contributed by atoms with E-state index in [1.807, 2.05) is 29.2 Å². The van der Waals surface area contributed by atoms with Crippen LogP contribution in [0.15, 0.2) is 33.8 Å². The van der Waals surface area contributed by atoms with Gasteiger partial charge in [0.15, 0.2) is 0 Å². The molecule has 6 nitrogen and oxygen atoms in total. The van der Waals surface area contributed by atoms with Crippen LogP contribution >= 0.6 is 28.3 Å². The van der Waals surface area contributed by atoms with Crippen molar-refractivity contribution >= 4 is 45.8 Å². The fourth-order valence-corrected chi connectivity index (χ4v) is 2.37. The monoisotopic (exact) mass is 404 g/mol. The van der Waals surface area contributed by atoms with Gasteiger partial charge in [0, 0.05) is 30.7 Å². The number of rotatable bonds is 3. The van der Waals surface area contributed by atoms with Crippen LogP contribution in [0.5, 0.6) is 0 Å². The lowest BCUT2D eigenvalue weighted by Gasteiger charge is -2.33. The molecule has 0 bridgehead atoms. The average Bonchev–Trinajstić information content (AvgIpc) is 2.51. The maximum absolute atomic E-state index is 12.1. The summed E-state index contributed by atoms with van der Waals surface area (Å²) in [5.74, 6) is -0.0606. The quantitative estimate of drug-likeness (QED) is 0.362. The molecule has 0 unspecified atom stereocenters. The lowest BCUT2D eigenvalue weighted by atomic mass is 10.3. The Morgan fingerprint density at radius 1 is 1.26 bits per heavy atom. The molecule has 128 valence electrons. The summed E-state index contributed by atoms with van der Waals surface area (Å²) in [6, 6.07) is 7.61. The first-order valence-electron chi connectivity index (χ1n) is 7.30. The highest BCUT2D eigenvalue weighted by Crippen LogP contribution is 2.14. The first-order chi connectivity index (χ1) is 10.6. The van der Waals surface area contributed by atoms with Crippen LogP contribution in [-0.4, -0.2) is 61.4 Å². The number of nitrogens with one attached hydrogen (secondary N) is 1. The van der Waals surface area contributed by atoms with Gasteiger partial charge in [-0.1, -0.05) is 15.9 Å². The number of piperazine rings is 1. The number of hydrogen-bond donors (Lipinski definition) is 1. The van der Waals surface area contributed by atoms with Gasteiger partial charge in [0.1, 0.15) is 0 Å². The van der Waals surface area contributed by atoms with Crippen LogP contribution in [0.3, 0.4) is 0 Å². The third-order valence-electron chi connectivity index (χ3n) is 3.40. The van der Waals surface area contributed by atoms with Gasteiger partial charge in [-0.05, 0) is 38.2 Å². The summed E-state index contributed by atoms with van der Waals surface area (Å²) in [5.41, 5.74) is 3.75. The molecule has 1 aromatic carbocycles. The number of hydrogen-bond acceptors (Lipinski definition) is 5. The number of hydrazone groups is 1. The molecule has 2 rings (SSSR count). The molecular weight excluding hydrogens is 384 g/mol. The molecule has 0 radical (unpaired) electrons. The Morgan fingerprint density at radius 2 is 1.87 bits per heavy atom. The molecule has 1 N–H and O–H groups in total. The van der Waals surface area contributed by atoms with Gasteiger partial charge >= 0.3 is 5.97 Å². The number of carbonyl (C=O) groups excluding carboxylic acids is 1. The predicted molar refractivity (Wildman–Crippen MR) is 98.2 cm³/mol. The van der Waals surface area contributed by atoms with E-state index in [9.17, 15) is 4.79 Å². The Balaban J connectivity index is 0.00000264. The number of anilines is 1. The highest BCUT2D eigenvalue weighted by atomic mass is 79.9. The molecule has 0 atom stereocenters. The lowest BCUT2D eigenvalue weighted by molar-refractivity contribution is -0.136. The minimum atomic E-state index is -0.392. The van der Waals surface area contributed by atoms with Crippen molar-refractivity contribution in [2.75, 3.05) is 45.3 Å². The molecule has 0 aromatic heterocycles. The maximum atomic E-state index is 12.1. The number of nitrogens with zero attached hydrogens (tertiary/aromatic N) is 3. The summed E-state index contributed by atoms with van der Waals surface area (Å²) < 4.78 is 6.11. The molecule has 8 heteroatoms. The topological polar surface area (TPSA) is 57.2 Å². The standard InChI is InChI=1S/C15H21BrN4O2.ClH/c1-3-22-15(21)14(20-10-8-19(2)9-11-20)18-17-13-6-4-12(16)5-7-13;/h4-7,17H,3,8-11H2,1-2H3;1H. The predicted octanol–water partition coefficient (Wildman–Crippen LogP) is 2.41. The Kier molecular flexibility index (Phi) is 8.36. The molecule has 23 heavy (non-hydrogen) atoms. The molecule has 0 amide bonds. The van der Waals surface area contributed by atoms with E-state index in [1.165, 1.54) is 0 Å². The molecule has 1 aromatic rings. The zero-order valence-corrected chi connectivity index (χ0v) is 15.7. The average molecular weight is 406 g/mol. The normalized spacial score (nSPS) is 15.8. The zero-order chi connectivity index (χ0) is 15.9. The van der Waals surface area contributed by atoms with E-state index in [2.05, 4.69) is 38.4 Å². The molecule has 1 fully saturated rings. The van der Waals surface area contributed by atoms with E-state index < -0.39 is 5.97 Å². The van der Waals surface area contributed by atoms with E-state index in [0.717, 1.165) is 36.3 Å². The van der Waals surface area contributed by atoms with Gasteiger partial charge in [-0.2, -0.15) is 0 Å². The van der Waals surface area contributed by atoms with Crippen molar-refractivity contribution in [1.82, 2.24) is 9.80 Å². The van der Waals surface area contributed by atoms with Crippen LogP contribution in [0, 0.1) is 0 Å². The van der Waals surface area contributed by atoms with Gasteiger partial charge in [0.2, 0.25) is 5.84 Å². The van der Waals surface area contributed by atoms with Crippen LogP contribution in [0.25, 0.3) is 0 Å². The highest BCUT2D eigenvalue weighted by Gasteiger charge is 2.24. The second kappa shape index (κ2) is 9.75. The van der Waals surface area contributed by atoms with E-state index in [-0.39, 0.29) is 12.4 Å². The zero-order valence-electron chi connectivity index (χ0n) is 13.3. The summed E-state index contributed by atoms with van der Waals surface area (Å²) in [6.45, 7) is 5.45. The van der Waals surface area contributed by atoms with Crippen LogP contribution in [-0.2, 0) is 9.53 Å². The van der Waals surface area contributed by atoms with Crippen molar-refractivity contribution in [3.05, 3.63) is 28.7 Å². The summed E-state index contributed by atoms with van der Waals surface area (Å²) in [5, 5.41) is 4.28. The van der Waals surface area contributed by atoms with Crippen molar-refractivity contribution in [3.8, 4) is 0 Å². The molecular formula is C15H22BrClN4O2. The third-order valence-corrected chi connectivity index (χ3v) is 3.92. The largest absolute Gasteiger partial charge is 0.460 e. The van der Waals surface area contributed by atoms with Gasteiger partial charge in [0.05, 0.1) is 12.3 Å². The van der Waals surface area contributed by atoms with Crippen molar-refractivity contribution in [3.63, 3.8) is 0 Å². The van der Waals surface area contributed by atoms with Gasteiger partial charge in [-0.15, -0.1) is 17.5 Å². The summed E-state index contributed by atoms with van der Waals surface area (Å²) in [7, 11) is 2.07. The SMILES string of the molecule is CCOC(=O)C(=NNc1ccc(Br)cc1)N1CCN(C)CC1.Cl. The van der Waals surface area contributed by atoms with E-state index >= 15 is 0 Å².